The van der Waals surface area contributed by atoms with Gasteiger partial charge in [0.2, 0.25) is 0 Å². The first-order chi connectivity index (χ1) is 32.9. The van der Waals surface area contributed by atoms with Crippen molar-refractivity contribution >= 4 is 35.3 Å². The van der Waals surface area contributed by atoms with Gasteiger partial charge in [0.15, 0.2) is 0 Å². The molecule has 13 atom stereocenters. The Morgan fingerprint density at radius 3 is 1.01 bits per heavy atom. The fourth-order valence-electron chi connectivity index (χ4n) is 15.9. The fourth-order valence-corrected chi connectivity index (χ4v) is 20.3. The van der Waals surface area contributed by atoms with Crippen molar-refractivity contribution in [2.24, 2.45) is 71.0 Å². The van der Waals surface area contributed by atoms with E-state index < -0.39 is 0 Å². The molecule has 0 saturated heterocycles. The van der Waals surface area contributed by atoms with Crippen molar-refractivity contribution in [3.05, 3.63) is 0 Å². The van der Waals surface area contributed by atoms with Gasteiger partial charge >= 0.3 is 0 Å². The molecule has 0 aromatic heterocycles. The Hall–Kier alpha value is 1.05. The molecule has 0 amide bonds. The Morgan fingerprint density at radius 2 is 0.597 bits per heavy atom. The Labute approximate surface area is 436 Å². The lowest BCUT2D eigenvalue weighted by Gasteiger charge is -2.37. The molecule has 0 aromatic rings. The third kappa shape index (κ3) is 23.9. The van der Waals surface area contributed by atoms with Gasteiger partial charge in [0.1, 0.15) is 0 Å². The first-order valence-electron chi connectivity index (χ1n) is 31.7. The normalized spacial score (nSPS) is 31.5. The maximum atomic E-state index is 2.47. The van der Waals surface area contributed by atoms with Crippen LogP contribution in [0.3, 0.4) is 0 Å². The van der Waals surface area contributed by atoms with Gasteiger partial charge in [-0.15, -0.1) is 23.5 Å². The minimum absolute atomic E-state index is 0.833. The van der Waals surface area contributed by atoms with E-state index in [0.29, 0.717) is 0 Å². The van der Waals surface area contributed by atoms with E-state index in [1.807, 2.05) is 0 Å². The lowest BCUT2D eigenvalue weighted by Crippen LogP contribution is -2.26. The van der Waals surface area contributed by atoms with Crippen molar-refractivity contribution in [1.82, 2.24) is 0 Å². The van der Waals surface area contributed by atoms with Crippen LogP contribution in [0.25, 0.3) is 0 Å². The van der Waals surface area contributed by atoms with Gasteiger partial charge in [0, 0.05) is 5.25 Å². The summed E-state index contributed by atoms with van der Waals surface area (Å²) in [6.07, 6.45) is 58.0. The van der Waals surface area contributed by atoms with Gasteiger partial charge in [0.25, 0.3) is 0 Å². The van der Waals surface area contributed by atoms with Gasteiger partial charge in [-0.05, 0) is 178 Å². The molecule has 67 heavy (non-hydrogen) atoms. The maximum absolute atomic E-state index is 2.47. The number of hydrogen-bond acceptors (Lipinski definition) is 3. The predicted octanol–water partition coefficient (Wildman–Crippen LogP) is 22.7. The summed E-state index contributed by atoms with van der Waals surface area (Å²) in [5.74, 6) is 16.6. The van der Waals surface area contributed by atoms with Gasteiger partial charge in [0.05, 0.1) is 4.58 Å². The summed E-state index contributed by atoms with van der Waals surface area (Å²) in [5, 5.41) is 0.911. The van der Waals surface area contributed by atoms with Gasteiger partial charge in [-0.2, -0.15) is 11.8 Å². The molecule has 3 heteroatoms. The summed E-state index contributed by atoms with van der Waals surface area (Å²) in [5.41, 5.74) is 0. The molecular formula is C64H122S3. The highest BCUT2D eigenvalue weighted by Crippen LogP contribution is 2.46. The summed E-state index contributed by atoms with van der Waals surface area (Å²) < 4.78 is 0.833. The predicted molar refractivity (Wildman–Crippen MR) is 312 cm³/mol. The van der Waals surface area contributed by atoms with Gasteiger partial charge < -0.3 is 0 Å². The largest absolute Gasteiger partial charge is 0.159 e. The molecule has 0 nitrogen and oxygen atoms in total. The molecule has 4 aliphatic rings. The summed E-state index contributed by atoms with van der Waals surface area (Å²) in [6, 6.07) is 0. The van der Waals surface area contributed by atoms with Crippen molar-refractivity contribution in [2.75, 3.05) is 17.3 Å². The Bertz CT molecular complexity index is 1100. The monoisotopic (exact) mass is 987 g/mol. The maximum Gasteiger partial charge on any atom is 0.0502 e. The summed E-state index contributed by atoms with van der Waals surface area (Å²) in [4.78, 5) is 0. The minimum Gasteiger partial charge on any atom is -0.159 e. The van der Waals surface area contributed by atoms with E-state index >= 15 is 0 Å². The third-order valence-corrected chi connectivity index (χ3v) is 23.8. The molecule has 0 aromatic carbocycles. The van der Waals surface area contributed by atoms with Crippen LogP contribution in [-0.4, -0.2) is 27.1 Å². The van der Waals surface area contributed by atoms with E-state index in [9.17, 15) is 0 Å². The first kappa shape index (κ1) is 60.6. The zero-order valence-corrected chi connectivity index (χ0v) is 49.5. The summed E-state index contributed by atoms with van der Waals surface area (Å²) in [7, 11) is 0. The lowest BCUT2D eigenvalue weighted by molar-refractivity contribution is 0.151. The average Bonchev–Trinajstić information content (AvgIpc) is 3.32. The van der Waals surface area contributed by atoms with Crippen LogP contribution in [0.4, 0.5) is 0 Å². The topological polar surface area (TPSA) is 0 Å². The van der Waals surface area contributed by atoms with Crippen molar-refractivity contribution in [2.45, 2.75) is 316 Å². The number of unbranched alkanes of at least 4 members (excludes halogenated alkanes) is 2. The van der Waals surface area contributed by atoms with E-state index in [1.165, 1.54) is 242 Å². The van der Waals surface area contributed by atoms with Crippen molar-refractivity contribution in [3.63, 3.8) is 0 Å². The highest BCUT2D eigenvalue weighted by Gasteiger charge is 2.33. The molecule has 0 bridgehead atoms. The molecule has 4 fully saturated rings. The average molecular weight is 988 g/mol. The molecule has 0 aliphatic heterocycles. The zero-order valence-electron chi connectivity index (χ0n) is 47.0. The quantitative estimate of drug-likeness (QED) is 0.0447. The lowest BCUT2D eigenvalue weighted by atomic mass is 9.69. The van der Waals surface area contributed by atoms with Crippen molar-refractivity contribution < 1.29 is 0 Å². The highest BCUT2D eigenvalue weighted by molar-refractivity contribution is 8.17. The number of thioether (sulfide) groups is 3. The molecule has 4 aliphatic carbocycles. The minimum atomic E-state index is 0.833. The van der Waals surface area contributed by atoms with Crippen LogP contribution >= 0.6 is 35.3 Å². The molecular weight excluding hydrogens is 865 g/mol. The second-order valence-electron chi connectivity index (χ2n) is 24.7. The highest BCUT2D eigenvalue weighted by atomic mass is 32.2. The molecule has 396 valence electrons. The van der Waals surface area contributed by atoms with Gasteiger partial charge in [-0.1, -0.05) is 216 Å². The second-order valence-corrected chi connectivity index (χ2v) is 29.0. The Morgan fingerprint density at radius 1 is 0.284 bits per heavy atom. The Balaban J connectivity index is 1.32. The van der Waals surface area contributed by atoms with Gasteiger partial charge in [-0.25, -0.2) is 0 Å². The van der Waals surface area contributed by atoms with Crippen LogP contribution in [0, 0.1) is 71.0 Å². The fraction of sp³-hybridized carbons (Fsp3) is 1.00. The van der Waals surface area contributed by atoms with Crippen LogP contribution in [0.2, 0.25) is 0 Å². The van der Waals surface area contributed by atoms with E-state index in [0.717, 1.165) is 80.8 Å². The summed E-state index contributed by atoms with van der Waals surface area (Å²) >= 11 is 7.34. The number of hydrogen-bond donors (Lipinski definition) is 0. The van der Waals surface area contributed by atoms with Gasteiger partial charge in [-0.3, -0.25) is 0 Å². The SMILES string of the molecule is CCCC1CCC(CCSC(CCCCCC(CCCC2CCC(CCC)C(CCC)C2)SCCC2CC(CCC)CCC2CCC)SCCC2CCC(CCC)CC2CCC)C(CCC)C1. The third-order valence-electron chi connectivity index (χ3n) is 19.4. The van der Waals surface area contributed by atoms with Crippen LogP contribution in [0.1, 0.15) is 306 Å². The Kier molecular flexibility index (Phi) is 34.1. The molecule has 4 rings (SSSR count). The first-order valence-corrected chi connectivity index (χ1v) is 34.9. The standard InChI is InChI=1S/C64H122S3/c1-9-21-51-34-39-57(60(47-51)27-15-7)41-45-66-64(67-46-42-58-40-35-52(22-10-2)48-61(58)28-16-8)32-19-17-18-30-63(31-20-29-54-36-38-55(24-12-4)59(50-54)26-14-6)65-44-43-62-49-53(23-11-3)33-37-56(62)25-13-5/h51-64H,9-50H2,1-8H3. The molecule has 13 unspecified atom stereocenters. The van der Waals surface area contributed by atoms with Crippen LogP contribution in [0.5, 0.6) is 0 Å². The van der Waals surface area contributed by atoms with Crippen LogP contribution in [-0.2, 0) is 0 Å². The molecule has 0 radical (unpaired) electrons. The van der Waals surface area contributed by atoms with Crippen LogP contribution < -0.4 is 0 Å². The van der Waals surface area contributed by atoms with E-state index in [-0.39, 0.29) is 0 Å². The smallest absolute Gasteiger partial charge is 0.0502 e. The van der Waals surface area contributed by atoms with E-state index in [2.05, 4.69) is 90.7 Å². The van der Waals surface area contributed by atoms with Crippen molar-refractivity contribution in [3.8, 4) is 0 Å². The van der Waals surface area contributed by atoms with Crippen LogP contribution in [0.15, 0.2) is 0 Å². The zero-order chi connectivity index (χ0) is 47.9. The van der Waals surface area contributed by atoms with E-state index in [4.69, 9.17) is 0 Å². The summed E-state index contributed by atoms with van der Waals surface area (Å²) in [6.45, 7) is 19.5. The molecule has 0 N–H and O–H groups in total. The second kappa shape index (κ2) is 37.7. The van der Waals surface area contributed by atoms with Crippen molar-refractivity contribution in [1.29, 1.82) is 0 Å². The van der Waals surface area contributed by atoms with E-state index in [1.54, 1.807) is 25.7 Å². The molecule has 4 saturated carbocycles. The molecule has 0 spiro atoms. The number of rotatable bonds is 38. The molecule has 0 heterocycles.